The zero-order chi connectivity index (χ0) is 19.8. The second-order valence-electron chi connectivity index (χ2n) is 8.24. The number of unbranched alkanes of at least 4 members (excludes halogenated alkanes) is 3. The maximum Gasteiger partial charge on any atom is 0.317 e. The monoisotopic (exact) mass is 372 g/mol. The second-order valence-corrected chi connectivity index (χ2v) is 8.24. The van der Waals surface area contributed by atoms with Crippen molar-refractivity contribution in [1.82, 2.24) is 0 Å². The molecular formula is C24H36O3. The van der Waals surface area contributed by atoms with Crippen molar-refractivity contribution in [2.75, 3.05) is 6.61 Å². The van der Waals surface area contributed by atoms with Gasteiger partial charge in [-0.15, -0.1) is 0 Å². The molecule has 0 N–H and O–H groups in total. The summed E-state index contributed by atoms with van der Waals surface area (Å²) < 4.78 is 5.59. The van der Waals surface area contributed by atoms with Gasteiger partial charge in [0.25, 0.3) is 0 Å². The van der Waals surface area contributed by atoms with Crippen molar-refractivity contribution in [2.24, 2.45) is 11.8 Å². The van der Waals surface area contributed by atoms with Crippen LogP contribution in [0.4, 0.5) is 0 Å². The summed E-state index contributed by atoms with van der Waals surface area (Å²) in [6, 6.07) is 4.07. The first kappa shape index (κ1) is 21.7. The number of hydrogen-bond donors (Lipinski definition) is 0. The van der Waals surface area contributed by atoms with Crippen LogP contribution in [0.3, 0.4) is 0 Å². The molecule has 1 aliphatic carbocycles. The highest BCUT2D eigenvalue weighted by Gasteiger charge is 2.38. The maximum absolute atomic E-state index is 13.5. The van der Waals surface area contributed by atoms with E-state index in [9.17, 15) is 9.59 Å². The second kappa shape index (κ2) is 10.6. The van der Waals surface area contributed by atoms with Crippen LogP contribution < -0.4 is 0 Å². The number of benzene rings is 1. The minimum absolute atomic E-state index is 0.0320. The Hall–Kier alpha value is -1.64. The van der Waals surface area contributed by atoms with Crippen LogP contribution in [0.25, 0.3) is 0 Å². The van der Waals surface area contributed by atoms with Crippen LogP contribution in [-0.4, -0.2) is 18.4 Å². The Morgan fingerprint density at radius 1 is 1.00 bits per heavy atom. The lowest BCUT2D eigenvalue weighted by molar-refractivity contribution is -0.149. The van der Waals surface area contributed by atoms with Gasteiger partial charge in [-0.3, -0.25) is 9.59 Å². The van der Waals surface area contributed by atoms with E-state index in [0.717, 1.165) is 73.6 Å². The minimum Gasteiger partial charge on any atom is -0.465 e. The topological polar surface area (TPSA) is 43.4 Å². The van der Waals surface area contributed by atoms with Crippen molar-refractivity contribution in [3.8, 4) is 0 Å². The molecule has 0 bridgehead atoms. The number of rotatable bonds is 9. The Balaban J connectivity index is 2.19. The lowest BCUT2D eigenvalue weighted by atomic mass is 9.75. The first-order chi connectivity index (χ1) is 13.0. The van der Waals surface area contributed by atoms with Crippen LogP contribution in [0.5, 0.6) is 0 Å². The first-order valence-corrected chi connectivity index (χ1v) is 10.7. The number of carbonyl (C=O) groups excluding carboxylic acids is 2. The van der Waals surface area contributed by atoms with E-state index in [0.29, 0.717) is 6.61 Å². The van der Waals surface area contributed by atoms with Gasteiger partial charge in [-0.05, 0) is 57.1 Å². The molecule has 3 heteroatoms. The molecule has 150 valence electrons. The minimum atomic E-state index is -0.642. The van der Waals surface area contributed by atoms with E-state index in [-0.39, 0.29) is 17.7 Å². The van der Waals surface area contributed by atoms with Crippen LogP contribution in [0.2, 0.25) is 0 Å². The molecule has 0 saturated heterocycles. The third kappa shape index (κ3) is 5.92. The van der Waals surface area contributed by atoms with Crippen LogP contribution in [0.1, 0.15) is 91.8 Å². The summed E-state index contributed by atoms with van der Waals surface area (Å²) in [7, 11) is 0. The summed E-state index contributed by atoms with van der Waals surface area (Å²) in [5.74, 6) is -0.857. The Kier molecular flexibility index (Phi) is 8.53. The molecule has 27 heavy (non-hydrogen) atoms. The van der Waals surface area contributed by atoms with E-state index in [4.69, 9.17) is 4.74 Å². The first-order valence-electron chi connectivity index (χ1n) is 10.7. The molecule has 1 fully saturated rings. The van der Waals surface area contributed by atoms with Gasteiger partial charge >= 0.3 is 5.97 Å². The van der Waals surface area contributed by atoms with Crippen molar-refractivity contribution in [3.05, 3.63) is 34.4 Å². The number of carbonyl (C=O) groups is 2. The number of esters is 1. The highest BCUT2D eigenvalue weighted by molar-refractivity contribution is 6.10. The third-order valence-corrected chi connectivity index (χ3v) is 5.82. The van der Waals surface area contributed by atoms with Gasteiger partial charge in [0.1, 0.15) is 5.92 Å². The molecular weight excluding hydrogens is 336 g/mol. The van der Waals surface area contributed by atoms with Crippen molar-refractivity contribution >= 4 is 11.8 Å². The van der Waals surface area contributed by atoms with Gasteiger partial charge in [0.2, 0.25) is 0 Å². The van der Waals surface area contributed by atoms with E-state index in [1.165, 1.54) is 6.42 Å². The molecule has 1 unspecified atom stereocenters. The zero-order valence-corrected chi connectivity index (χ0v) is 17.6. The van der Waals surface area contributed by atoms with Gasteiger partial charge in [-0.1, -0.05) is 63.1 Å². The molecule has 1 atom stereocenters. The number of ketones is 1. The fourth-order valence-corrected chi connectivity index (χ4v) is 4.50. The average Bonchev–Trinajstić information content (AvgIpc) is 2.62. The highest BCUT2D eigenvalue weighted by Crippen LogP contribution is 2.34. The summed E-state index contributed by atoms with van der Waals surface area (Å²) in [6.45, 7) is 8.58. The Morgan fingerprint density at radius 3 is 2.22 bits per heavy atom. The van der Waals surface area contributed by atoms with Crippen molar-refractivity contribution in [2.45, 2.75) is 85.5 Å². The zero-order valence-electron chi connectivity index (χ0n) is 17.6. The van der Waals surface area contributed by atoms with E-state index in [1.807, 2.05) is 32.9 Å². The maximum atomic E-state index is 13.5. The average molecular weight is 373 g/mol. The van der Waals surface area contributed by atoms with Crippen molar-refractivity contribution in [3.63, 3.8) is 0 Å². The molecule has 0 heterocycles. The molecule has 0 aliphatic heterocycles. The molecule has 0 spiro atoms. The highest BCUT2D eigenvalue weighted by atomic mass is 16.5. The standard InChI is InChI=1S/C24H36O3/c1-5-6-7-11-14-27-24(26)22(20-12-9-8-10-13-20)23(25)21-18(3)15-17(2)16-19(21)4/h15-16,20,22H,5-14H2,1-4H3. The van der Waals surface area contributed by atoms with Crippen molar-refractivity contribution < 1.29 is 14.3 Å². The smallest absolute Gasteiger partial charge is 0.317 e. The largest absolute Gasteiger partial charge is 0.465 e. The molecule has 0 amide bonds. The number of Topliss-reactive ketones (excluding diaryl/α,β-unsaturated/α-hetero) is 1. The van der Waals surface area contributed by atoms with Crippen molar-refractivity contribution in [1.29, 1.82) is 0 Å². The molecule has 2 rings (SSSR count). The summed E-state index contributed by atoms with van der Waals surface area (Å²) in [5.41, 5.74) is 3.80. The molecule has 1 aromatic carbocycles. The Bertz CT molecular complexity index is 618. The molecule has 3 nitrogen and oxygen atoms in total. The molecule has 0 aromatic heterocycles. The molecule has 0 radical (unpaired) electrons. The lowest BCUT2D eigenvalue weighted by Gasteiger charge is -2.28. The van der Waals surface area contributed by atoms with E-state index < -0.39 is 5.92 Å². The van der Waals surface area contributed by atoms with Gasteiger partial charge in [0, 0.05) is 5.56 Å². The summed E-state index contributed by atoms with van der Waals surface area (Å²) in [4.78, 5) is 26.4. The van der Waals surface area contributed by atoms with Crippen LogP contribution in [-0.2, 0) is 9.53 Å². The Morgan fingerprint density at radius 2 is 1.63 bits per heavy atom. The molecule has 1 aliphatic rings. The summed E-state index contributed by atoms with van der Waals surface area (Å²) in [6.07, 6.45) is 9.57. The van der Waals surface area contributed by atoms with Gasteiger partial charge in [0.15, 0.2) is 5.78 Å². The van der Waals surface area contributed by atoms with Crippen LogP contribution in [0, 0.1) is 32.6 Å². The lowest BCUT2D eigenvalue weighted by Crippen LogP contribution is -2.35. The fraction of sp³-hybridized carbons (Fsp3) is 0.667. The molecule has 1 aromatic rings. The third-order valence-electron chi connectivity index (χ3n) is 5.82. The van der Waals surface area contributed by atoms with E-state index in [2.05, 4.69) is 6.92 Å². The summed E-state index contributed by atoms with van der Waals surface area (Å²) in [5, 5.41) is 0. The van der Waals surface area contributed by atoms with Gasteiger partial charge in [-0.25, -0.2) is 0 Å². The fourth-order valence-electron chi connectivity index (χ4n) is 4.50. The van der Waals surface area contributed by atoms with Gasteiger partial charge < -0.3 is 4.74 Å². The quantitative estimate of drug-likeness (QED) is 0.227. The van der Waals surface area contributed by atoms with E-state index in [1.54, 1.807) is 0 Å². The normalized spacial score (nSPS) is 16.1. The number of hydrogen-bond acceptors (Lipinski definition) is 3. The predicted molar refractivity (Wildman–Crippen MR) is 110 cm³/mol. The number of ether oxygens (including phenoxy) is 1. The number of aryl methyl sites for hydroxylation is 3. The Labute approximate surface area is 164 Å². The molecule has 1 saturated carbocycles. The van der Waals surface area contributed by atoms with Gasteiger partial charge in [0.05, 0.1) is 6.61 Å². The van der Waals surface area contributed by atoms with E-state index >= 15 is 0 Å². The predicted octanol–water partition coefficient (Wildman–Crippen LogP) is 6.11. The van der Waals surface area contributed by atoms with Gasteiger partial charge in [-0.2, -0.15) is 0 Å². The van der Waals surface area contributed by atoms with Crippen LogP contribution in [0.15, 0.2) is 12.1 Å². The van der Waals surface area contributed by atoms with Crippen LogP contribution >= 0.6 is 0 Å². The SMILES string of the molecule is CCCCCCOC(=O)C(C(=O)c1c(C)cc(C)cc1C)C1CCCCC1. The summed E-state index contributed by atoms with van der Waals surface area (Å²) >= 11 is 0.